The SMILES string of the molecule is C=CC(C)NC(C)c1nccn1C. The number of nitrogens with zero attached hydrogens (tertiary/aromatic N) is 2. The van der Waals surface area contributed by atoms with Crippen LogP contribution in [-0.4, -0.2) is 15.6 Å². The van der Waals surface area contributed by atoms with Gasteiger partial charge < -0.3 is 9.88 Å². The Morgan fingerprint density at radius 3 is 2.77 bits per heavy atom. The van der Waals surface area contributed by atoms with Gasteiger partial charge in [0.15, 0.2) is 0 Å². The van der Waals surface area contributed by atoms with E-state index in [1.165, 1.54) is 0 Å². The molecule has 2 unspecified atom stereocenters. The van der Waals surface area contributed by atoms with Gasteiger partial charge in [0, 0.05) is 25.5 Å². The molecule has 1 rings (SSSR count). The predicted molar refractivity (Wildman–Crippen MR) is 54.4 cm³/mol. The van der Waals surface area contributed by atoms with E-state index < -0.39 is 0 Å². The highest BCUT2D eigenvalue weighted by Crippen LogP contribution is 2.09. The van der Waals surface area contributed by atoms with Gasteiger partial charge in [-0.05, 0) is 13.8 Å². The molecular weight excluding hydrogens is 162 g/mol. The van der Waals surface area contributed by atoms with Crippen LogP contribution in [0.1, 0.15) is 25.7 Å². The molecule has 0 fully saturated rings. The number of aryl methyl sites for hydroxylation is 1. The van der Waals surface area contributed by atoms with Crippen molar-refractivity contribution in [3.63, 3.8) is 0 Å². The second-order valence-corrected chi connectivity index (χ2v) is 3.31. The van der Waals surface area contributed by atoms with E-state index in [1.54, 1.807) is 0 Å². The lowest BCUT2D eigenvalue weighted by Gasteiger charge is -2.16. The standard InChI is InChI=1S/C10H17N3/c1-5-8(2)12-9(3)10-11-6-7-13(10)4/h5-9,12H,1H2,2-4H3. The third-order valence-corrected chi connectivity index (χ3v) is 2.11. The van der Waals surface area contributed by atoms with Crippen LogP contribution in [0.15, 0.2) is 25.0 Å². The molecule has 0 saturated carbocycles. The highest BCUT2D eigenvalue weighted by Gasteiger charge is 2.10. The van der Waals surface area contributed by atoms with E-state index in [-0.39, 0.29) is 6.04 Å². The Morgan fingerprint density at radius 1 is 1.62 bits per heavy atom. The highest BCUT2D eigenvalue weighted by atomic mass is 15.1. The van der Waals surface area contributed by atoms with Gasteiger partial charge in [0.25, 0.3) is 0 Å². The fraction of sp³-hybridized carbons (Fsp3) is 0.500. The summed E-state index contributed by atoms with van der Waals surface area (Å²) in [5.74, 6) is 1.05. The van der Waals surface area contributed by atoms with Crippen LogP contribution in [-0.2, 0) is 7.05 Å². The summed E-state index contributed by atoms with van der Waals surface area (Å²) < 4.78 is 2.02. The van der Waals surface area contributed by atoms with Gasteiger partial charge >= 0.3 is 0 Å². The minimum absolute atomic E-state index is 0.257. The van der Waals surface area contributed by atoms with Crippen molar-refractivity contribution in [2.45, 2.75) is 25.9 Å². The summed E-state index contributed by atoms with van der Waals surface area (Å²) in [7, 11) is 2.00. The number of nitrogens with one attached hydrogen (secondary N) is 1. The Bertz CT molecular complexity index is 277. The molecule has 1 aromatic heterocycles. The summed E-state index contributed by atoms with van der Waals surface area (Å²) in [6, 6.07) is 0.569. The van der Waals surface area contributed by atoms with E-state index in [4.69, 9.17) is 0 Å². The first-order valence-corrected chi connectivity index (χ1v) is 4.51. The van der Waals surface area contributed by atoms with Crippen LogP contribution in [0, 0.1) is 0 Å². The van der Waals surface area contributed by atoms with Crippen LogP contribution in [0.3, 0.4) is 0 Å². The molecule has 0 amide bonds. The van der Waals surface area contributed by atoms with Crippen molar-refractivity contribution in [3.05, 3.63) is 30.9 Å². The molecule has 0 radical (unpaired) electrons. The molecule has 1 aromatic rings. The monoisotopic (exact) mass is 179 g/mol. The molecule has 0 aliphatic carbocycles. The van der Waals surface area contributed by atoms with Crippen molar-refractivity contribution in [2.24, 2.45) is 7.05 Å². The quantitative estimate of drug-likeness (QED) is 0.712. The third kappa shape index (κ3) is 2.42. The molecule has 0 aliphatic rings. The van der Waals surface area contributed by atoms with Gasteiger partial charge in [-0.2, -0.15) is 0 Å². The van der Waals surface area contributed by atoms with Crippen LogP contribution >= 0.6 is 0 Å². The largest absolute Gasteiger partial charge is 0.337 e. The molecule has 72 valence electrons. The van der Waals surface area contributed by atoms with Crippen LogP contribution < -0.4 is 5.32 Å². The predicted octanol–water partition coefficient (Wildman–Crippen LogP) is 1.65. The second-order valence-electron chi connectivity index (χ2n) is 3.31. The Hall–Kier alpha value is -1.09. The van der Waals surface area contributed by atoms with Crippen LogP contribution in [0.2, 0.25) is 0 Å². The molecule has 0 aromatic carbocycles. The summed E-state index contributed by atoms with van der Waals surface area (Å²) in [4.78, 5) is 4.27. The Kier molecular flexibility index (Phi) is 3.25. The maximum Gasteiger partial charge on any atom is 0.125 e. The lowest BCUT2D eigenvalue weighted by atomic mass is 10.2. The van der Waals surface area contributed by atoms with Crippen molar-refractivity contribution in [3.8, 4) is 0 Å². The van der Waals surface area contributed by atoms with E-state index >= 15 is 0 Å². The third-order valence-electron chi connectivity index (χ3n) is 2.11. The molecule has 3 heteroatoms. The topological polar surface area (TPSA) is 29.9 Å². The summed E-state index contributed by atoms with van der Waals surface area (Å²) in [6.07, 6.45) is 5.65. The van der Waals surface area contributed by atoms with Crippen LogP contribution in [0.5, 0.6) is 0 Å². The van der Waals surface area contributed by atoms with Gasteiger partial charge in [-0.25, -0.2) is 4.98 Å². The first-order chi connectivity index (χ1) is 6.15. The average Bonchev–Trinajstić information content (AvgIpc) is 2.51. The minimum Gasteiger partial charge on any atom is -0.337 e. The lowest BCUT2D eigenvalue weighted by Crippen LogP contribution is -2.28. The molecule has 2 atom stereocenters. The number of imidazole rings is 1. The molecule has 3 nitrogen and oxygen atoms in total. The summed E-state index contributed by atoms with van der Waals surface area (Å²) in [5, 5.41) is 3.37. The van der Waals surface area contributed by atoms with E-state index in [1.807, 2.05) is 30.1 Å². The highest BCUT2D eigenvalue weighted by molar-refractivity contribution is 4.98. The first-order valence-electron chi connectivity index (χ1n) is 4.51. The normalized spacial score (nSPS) is 15.3. The van der Waals surface area contributed by atoms with Crippen molar-refractivity contribution in [2.75, 3.05) is 0 Å². The van der Waals surface area contributed by atoms with Crippen LogP contribution in [0.4, 0.5) is 0 Å². The Balaban J connectivity index is 2.63. The fourth-order valence-corrected chi connectivity index (χ4v) is 1.33. The van der Waals surface area contributed by atoms with Gasteiger partial charge in [-0.3, -0.25) is 0 Å². The molecule has 1 heterocycles. The van der Waals surface area contributed by atoms with E-state index in [0.717, 1.165) is 5.82 Å². The van der Waals surface area contributed by atoms with Crippen LogP contribution in [0.25, 0.3) is 0 Å². The zero-order chi connectivity index (χ0) is 9.84. The smallest absolute Gasteiger partial charge is 0.125 e. The van der Waals surface area contributed by atoms with Crippen molar-refractivity contribution >= 4 is 0 Å². The number of aromatic nitrogens is 2. The van der Waals surface area contributed by atoms with Gasteiger partial charge in [0.05, 0.1) is 6.04 Å². The minimum atomic E-state index is 0.257. The van der Waals surface area contributed by atoms with Gasteiger partial charge in [0.2, 0.25) is 0 Å². The molecule has 0 aliphatic heterocycles. The van der Waals surface area contributed by atoms with Crippen molar-refractivity contribution < 1.29 is 0 Å². The lowest BCUT2D eigenvalue weighted by molar-refractivity contribution is 0.501. The molecule has 0 bridgehead atoms. The zero-order valence-corrected chi connectivity index (χ0v) is 8.49. The Labute approximate surface area is 79.5 Å². The fourth-order valence-electron chi connectivity index (χ4n) is 1.33. The van der Waals surface area contributed by atoms with E-state index in [2.05, 4.69) is 30.7 Å². The van der Waals surface area contributed by atoms with Crippen molar-refractivity contribution in [1.82, 2.24) is 14.9 Å². The average molecular weight is 179 g/mol. The maximum atomic E-state index is 4.27. The molecular formula is C10H17N3. The number of hydrogen-bond acceptors (Lipinski definition) is 2. The maximum absolute atomic E-state index is 4.27. The first kappa shape index (κ1) is 9.99. The van der Waals surface area contributed by atoms with Gasteiger partial charge in [0.1, 0.15) is 5.82 Å². The molecule has 0 saturated heterocycles. The van der Waals surface area contributed by atoms with E-state index in [0.29, 0.717) is 6.04 Å². The summed E-state index contributed by atoms with van der Waals surface area (Å²) in [5.41, 5.74) is 0. The second kappa shape index (κ2) is 4.23. The van der Waals surface area contributed by atoms with Gasteiger partial charge in [-0.1, -0.05) is 6.08 Å². The summed E-state index contributed by atoms with van der Waals surface area (Å²) in [6.45, 7) is 7.90. The molecule has 1 N–H and O–H groups in total. The number of hydrogen-bond donors (Lipinski definition) is 1. The van der Waals surface area contributed by atoms with Gasteiger partial charge in [-0.15, -0.1) is 6.58 Å². The number of rotatable bonds is 4. The summed E-state index contributed by atoms with van der Waals surface area (Å²) >= 11 is 0. The molecule has 13 heavy (non-hydrogen) atoms. The van der Waals surface area contributed by atoms with Crippen molar-refractivity contribution in [1.29, 1.82) is 0 Å². The Morgan fingerprint density at radius 2 is 2.31 bits per heavy atom. The molecule has 0 spiro atoms. The zero-order valence-electron chi connectivity index (χ0n) is 8.49. The van der Waals surface area contributed by atoms with E-state index in [9.17, 15) is 0 Å².